The molecule has 1 heterocycles. The van der Waals surface area contributed by atoms with E-state index in [1.807, 2.05) is 0 Å². The van der Waals surface area contributed by atoms with E-state index in [9.17, 15) is 4.79 Å². The number of hydrogen-bond acceptors (Lipinski definition) is 2. The predicted molar refractivity (Wildman–Crippen MR) is 69.5 cm³/mol. The molecule has 94 valence electrons. The smallest absolute Gasteiger partial charge is 0.188 e. The first-order valence-corrected chi connectivity index (χ1v) is 6.85. The molecule has 0 spiro atoms. The molecule has 1 saturated carbocycles. The zero-order valence-electron chi connectivity index (χ0n) is 10.9. The van der Waals surface area contributed by atoms with Gasteiger partial charge in [0.1, 0.15) is 5.76 Å². The van der Waals surface area contributed by atoms with Crippen LogP contribution in [0.1, 0.15) is 75.5 Å². The monoisotopic (exact) mass is 234 g/mol. The summed E-state index contributed by atoms with van der Waals surface area (Å²) in [6, 6.07) is 1.71. The lowest BCUT2D eigenvalue weighted by Crippen LogP contribution is -2.16. The first-order chi connectivity index (χ1) is 8.22. The summed E-state index contributed by atoms with van der Waals surface area (Å²) >= 11 is 0. The van der Waals surface area contributed by atoms with Crippen LogP contribution in [0, 0.1) is 0 Å². The van der Waals surface area contributed by atoms with Crippen LogP contribution in [0.3, 0.4) is 0 Å². The van der Waals surface area contributed by atoms with Gasteiger partial charge in [-0.05, 0) is 25.2 Å². The van der Waals surface area contributed by atoms with Gasteiger partial charge in [-0.25, -0.2) is 0 Å². The lowest BCUT2D eigenvalue weighted by Gasteiger charge is -2.21. The maximum Gasteiger partial charge on any atom is 0.188 e. The molecule has 1 aliphatic carbocycles. The molecule has 1 atom stereocenters. The first-order valence-electron chi connectivity index (χ1n) is 6.85. The zero-order valence-corrected chi connectivity index (χ0v) is 10.9. The highest BCUT2D eigenvalue weighted by Crippen LogP contribution is 2.31. The summed E-state index contributed by atoms with van der Waals surface area (Å²) < 4.78 is 5.65. The average Bonchev–Trinajstić information content (AvgIpc) is 2.38. The SMILES string of the molecule is CCC(C)c1cc(=O)c(C2CCCCC2)co1. The van der Waals surface area contributed by atoms with Crippen LogP contribution in [0.15, 0.2) is 21.5 Å². The second-order valence-corrected chi connectivity index (χ2v) is 5.25. The van der Waals surface area contributed by atoms with E-state index in [1.54, 1.807) is 12.3 Å². The second kappa shape index (κ2) is 5.52. The lowest BCUT2D eigenvalue weighted by atomic mass is 9.84. The third-order valence-electron chi connectivity index (χ3n) is 4.02. The molecule has 1 unspecified atom stereocenters. The summed E-state index contributed by atoms with van der Waals surface area (Å²) in [5.74, 6) is 1.60. The van der Waals surface area contributed by atoms with Gasteiger partial charge in [-0.2, -0.15) is 0 Å². The Kier molecular flexibility index (Phi) is 4.03. The van der Waals surface area contributed by atoms with Crippen molar-refractivity contribution in [3.8, 4) is 0 Å². The molecule has 1 fully saturated rings. The van der Waals surface area contributed by atoms with Gasteiger partial charge in [-0.15, -0.1) is 0 Å². The molecule has 1 aliphatic rings. The van der Waals surface area contributed by atoms with Gasteiger partial charge < -0.3 is 4.42 Å². The molecule has 0 aromatic carbocycles. The predicted octanol–water partition coefficient (Wildman–Crippen LogP) is 4.20. The van der Waals surface area contributed by atoms with Crippen molar-refractivity contribution in [3.05, 3.63) is 33.9 Å². The van der Waals surface area contributed by atoms with Crippen molar-refractivity contribution in [1.29, 1.82) is 0 Å². The molecule has 17 heavy (non-hydrogen) atoms. The summed E-state index contributed by atoms with van der Waals surface area (Å²) in [4.78, 5) is 12.1. The van der Waals surface area contributed by atoms with Crippen molar-refractivity contribution in [2.24, 2.45) is 0 Å². The Morgan fingerprint density at radius 2 is 2.06 bits per heavy atom. The number of rotatable bonds is 3. The Bertz CT molecular complexity index is 413. The highest BCUT2D eigenvalue weighted by atomic mass is 16.3. The maximum absolute atomic E-state index is 12.1. The van der Waals surface area contributed by atoms with E-state index >= 15 is 0 Å². The van der Waals surface area contributed by atoms with E-state index < -0.39 is 0 Å². The summed E-state index contributed by atoms with van der Waals surface area (Å²) in [6.07, 6.45) is 8.83. The highest BCUT2D eigenvalue weighted by molar-refractivity contribution is 5.18. The van der Waals surface area contributed by atoms with E-state index in [0.717, 1.165) is 30.6 Å². The quantitative estimate of drug-likeness (QED) is 0.784. The van der Waals surface area contributed by atoms with Crippen LogP contribution in [0.25, 0.3) is 0 Å². The molecule has 0 aliphatic heterocycles. The fraction of sp³-hybridized carbons (Fsp3) is 0.667. The molecule has 2 nitrogen and oxygen atoms in total. The minimum Gasteiger partial charge on any atom is -0.468 e. The van der Waals surface area contributed by atoms with E-state index in [0.29, 0.717) is 11.8 Å². The van der Waals surface area contributed by atoms with Crippen LogP contribution in [0.2, 0.25) is 0 Å². The van der Waals surface area contributed by atoms with Crippen molar-refractivity contribution in [1.82, 2.24) is 0 Å². The normalized spacial score (nSPS) is 19.2. The molecule has 1 aromatic rings. The minimum absolute atomic E-state index is 0.179. The van der Waals surface area contributed by atoms with E-state index in [-0.39, 0.29) is 5.43 Å². The molecular weight excluding hydrogens is 212 g/mol. The molecule has 1 aromatic heterocycles. The van der Waals surface area contributed by atoms with E-state index in [1.165, 1.54) is 19.3 Å². The van der Waals surface area contributed by atoms with Gasteiger partial charge in [0.15, 0.2) is 5.43 Å². The van der Waals surface area contributed by atoms with Gasteiger partial charge in [0.05, 0.1) is 6.26 Å². The van der Waals surface area contributed by atoms with Crippen LogP contribution in [-0.2, 0) is 0 Å². The van der Waals surface area contributed by atoms with Gasteiger partial charge in [0, 0.05) is 17.5 Å². The van der Waals surface area contributed by atoms with Crippen LogP contribution in [0.5, 0.6) is 0 Å². The van der Waals surface area contributed by atoms with Crippen molar-refractivity contribution in [2.75, 3.05) is 0 Å². The third kappa shape index (κ3) is 2.80. The Labute approximate surface area is 103 Å². The molecule has 0 radical (unpaired) electrons. The minimum atomic E-state index is 0.179. The summed E-state index contributed by atoms with van der Waals surface area (Å²) in [7, 11) is 0. The zero-order chi connectivity index (χ0) is 12.3. The first kappa shape index (κ1) is 12.4. The summed E-state index contributed by atoms with van der Waals surface area (Å²) in [6.45, 7) is 4.21. The Morgan fingerprint density at radius 1 is 1.35 bits per heavy atom. The van der Waals surface area contributed by atoms with E-state index in [2.05, 4.69) is 13.8 Å². The lowest BCUT2D eigenvalue weighted by molar-refractivity contribution is 0.410. The Balaban J connectivity index is 2.22. The van der Waals surface area contributed by atoms with Crippen molar-refractivity contribution in [2.45, 2.75) is 64.2 Å². The molecule has 2 heteroatoms. The van der Waals surface area contributed by atoms with Crippen molar-refractivity contribution < 1.29 is 4.42 Å². The largest absolute Gasteiger partial charge is 0.468 e. The molecule has 0 bridgehead atoms. The van der Waals surface area contributed by atoms with Gasteiger partial charge in [-0.3, -0.25) is 4.79 Å². The fourth-order valence-corrected chi connectivity index (χ4v) is 2.61. The number of hydrogen-bond donors (Lipinski definition) is 0. The summed E-state index contributed by atoms with van der Waals surface area (Å²) in [5.41, 5.74) is 1.08. The molecule has 0 amide bonds. The van der Waals surface area contributed by atoms with Crippen molar-refractivity contribution >= 4 is 0 Å². The standard InChI is InChI=1S/C15H22O2/c1-3-11(2)15-9-14(16)13(10-17-15)12-7-5-4-6-8-12/h9-12H,3-8H2,1-2H3. The fourth-order valence-electron chi connectivity index (χ4n) is 2.61. The third-order valence-corrected chi connectivity index (χ3v) is 4.02. The van der Waals surface area contributed by atoms with E-state index in [4.69, 9.17) is 4.42 Å². The van der Waals surface area contributed by atoms with Crippen LogP contribution < -0.4 is 5.43 Å². The average molecular weight is 234 g/mol. The Hall–Kier alpha value is -1.05. The molecular formula is C15H22O2. The second-order valence-electron chi connectivity index (χ2n) is 5.25. The van der Waals surface area contributed by atoms with Crippen molar-refractivity contribution in [3.63, 3.8) is 0 Å². The van der Waals surface area contributed by atoms with Crippen LogP contribution in [0.4, 0.5) is 0 Å². The molecule has 0 saturated heterocycles. The topological polar surface area (TPSA) is 30.2 Å². The van der Waals surface area contributed by atoms with Gasteiger partial charge in [-0.1, -0.05) is 33.1 Å². The van der Waals surface area contributed by atoms with Crippen LogP contribution in [-0.4, -0.2) is 0 Å². The molecule has 0 N–H and O–H groups in total. The highest BCUT2D eigenvalue weighted by Gasteiger charge is 2.19. The van der Waals surface area contributed by atoms with Crippen LogP contribution >= 0.6 is 0 Å². The van der Waals surface area contributed by atoms with Gasteiger partial charge in [0.2, 0.25) is 0 Å². The van der Waals surface area contributed by atoms with Gasteiger partial charge in [0.25, 0.3) is 0 Å². The molecule has 2 rings (SSSR count). The van der Waals surface area contributed by atoms with Gasteiger partial charge >= 0.3 is 0 Å². The summed E-state index contributed by atoms with van der Waals surface area (Å²) in [5, 5.41) is 0. The Morgan fingerprint density at radius 3 is 2.65 bits per heavy atom. The maximum atomic E-state index is 12.1.